The summed E-state index contributed by atoms with van der Waals surface area (Å²) in [6, 6.07) is 2.36. The van der Waals surface area contributed by atoms with E-state index < -0.39 is 22.4 Å². The standard InChI is InChI=1S/C15H11ClF3N7O2/c1-7-3-8(2)25(24-7)14-11(26(27)28)13(21-6-22-14)23-12-10(16)4-9(5-20-12)15(17,18)19/h3-6H,1-2H3,(H,20,21,22,23). The van der Waals surface area contributed by atoms with Crippen molar-refractivity contribution in [3.8, 4) is 5.82 Å². The number of halogens is 4. The molecule has 9 nitrogen and oxygen atoms in total. The van der Waals surface area contributed by atoms with Crippen molar-refractivity contribution in [3.63, 3.8) is 0 Å². The fraction of sp³-hybridized carbons (Fsp3) is 0.200. The number of nitrogens with one attached hydrogen (secondary N) is 1. The summed E-state index contributed by atoms with van der Waals surface area (Å²) in [5.41, 5.74) is -0.377. The number of rotatable bonds is 4. The van der Waals surface area contributed by atoms with Gasteiger partial charge in [-0.25, -0.2) is 19.6 Å². The van der Waals surface area contributed by atoms with E-state index in [-0.39, 0.29) is 22.5 Å². The van der Waals surface area contributed by atoms with E-state index in [1.54, 1.807) is 19.9 Å². The Labute approximate surface area is 160 Å². The van der Waals surface area contributed by atoms with E-state index in [4.69, 9.17) is 11.6 Å². The normalized spacial score (nSPS) is 11.5. The molecule has 3 heterocycles. The molecular formula is C15H11ClF3N7O2. The lowest BCUT2D eigenvalue weighted by Crippen LogP contribution is -2.11. The summed E-state index contributed by atoms with van der Waals surface area (Å²) in [7, 11) is 0. The topological polar surface area (TPSA) is 112 Å². The van der Waals surface area contributed by atoms with Gasteiger partial charge in [0.15, 0.2) is 5.82 Å². The quantitative estimate of drug-likeness (QED) is 0.508. The third kappa shape index (κ3) is 3.71. The molecule has 0 amide bonds. The van der Waals surface area contributed by atoms with Crippen LogP contribution in [-0.2, 0) is 6.18 Å². The van der Waals surface area contributed by atoms with Gasteiger partial charge in [0, 0.05) is 11.9 Å². The fourth-order valence-corrected chi connectivity index (χ4v) is 2.64. The van der Waals surface area contributed by atoms with E-state index in [0.717, 1.165) is 6.33 Å². The summed E-state index contributed by atoms with van der Waals surface area (Å²) in [5.74, 6) is -0.636. The van der Waals surface area contributed by atoms with Crippen molar-refractivity contribution in [1.82, 2.24) is 24.7 Å². The molecule has 13 heteroatoms. The molecule has 3 aromatic rings. The van der Waals surface area contributed by atoms with Gasteiger partial charge in [0.2, 0.25) is 11.6 Å². The largest absolute Gasteiger partial charge is 0.417 e. The van der Waals surface area contributed by atoms with E-state index in [1.165, 1.54) is 4.68 Å². The maximum Gasteiger partial charge on any atom is 0.417 e. The Bertz CT molecular complexity index is 1070. The van der Waals surface area contributed by atoms with Crippen molar-refractivity contribution in [3.05, 3.63) is 56.7 Å². The Kier molecular flexibility index (Phi) is 4.89. The van der Waals surface area contributed by atoms with Gasteiger partial charge in [0.1, 0.15) is 6.33 Å². The SMILES string of the molecule is Cc1cc(C)n(-c2ncnc(Nc3ncc(C(F)(F)F)cc3Cl)c2[N+](=O)[O-])n1. The molecule has 0 fully saturated rings. The van der Waals surface area contributed by atoms with Crippen LogP contribution in [0.1, 0.15) is 17.0 Å². The number of hydrogen-bond donors (Lipinski definition) is 1. The number of hydrogen-bond acceptors (Lipinski definition) is 7. The van der Waals surface area contributed by atoms with E-state index in [9.17, 15) is 23.3 Å². The molecule has 0 saturated heterocycles. The fourth-order valence-electron chi connectivity index (χ4n) is 2.42. The lowest BCUT2D eigenvalue weighted by atomic mass is 10.2. The van der Waals surface area contributed by atoms with E-state index in [1.807, 2.05) is 0 Å². The van der Waals surface area contributed by atoms with Crippen LogP contribution in [0.5, 0.6) is 0 Å². The molecule has 28 heavy (non-hydrogen) atoms. The molecule has 3 aromatic heterocycles. The third-order valence-corrected chi connectivity index (χ3v) is 3.89. The molecule has 0 aromatic carbocycles. The average molecular weight is 414 g/mol. The summed E-state index contributed by atoms with van der Waals surface area (Å²) in [5, 5.41) is 17.9. The van der Waals surface area contributed by atoms with Crippen molar-refractivity contribution in [2.24, 2.45) is 0 Å². The van der Waals surface area contributed by atoms with Crippen LogP contribution in [0, 0.1) is 24.0 Å². The number of anilines is 2. The first-order chi connectivity index (χ1) is 13.1. The van der Waals surface area contributed by atoms with Gasteiger partial charge in [-0.15, -0.1) is 0 Å². The van der Waals surface area contributed by atoms with Crippen LogP contribution < -0.4 is 5.32 Å². The molecule has 0 bridgehead atoms. The van der Waals surface area contributed by atoms with Gasteiger partial charge in [-0.3, -0.25) is 10.1 Å². The molecule has 0 radical (unpaired) electrons. The van der Waals surface area contributed by atoms with Gasteiger partial charge in [0.05, 0.1) is 21.2 Å². The van der Waals surface area contributed by atoms with Gasteiger partial charge in [-0.2, -0.15) is 18.3 Å². The highest BCUT2D eigenvalue weighted by Crippen LogP contribution is 2.35. The molecular weight excluding hydrogens is 403 g/mol. The summed E-state index contributed by atoms with van der Waals surface area (Å²) >= 11 is 5.85. The number of alkyl halides is 3. The van der Waals surface area contributed by atoms with Crippen LogP contribution >= 0.6 is 11.6 Å². The zero-order valence-electron chi connectivity index (χ0n) is 14.3. The highest BCUT2D eigenvalue weighted by molar-refractivity contribution is 6.33. The van der Waals surface area contributed by atoms with Crippen LogP contribution in [-0.4, -0.2) is 29.7 Å². The molecule has 0 aliphatic rings. The first-order valence-corrected chi connectivity index (χ1v) is 7.98. The Hall–Kier alpha value is -3.28. The maximum atomic E-state index is 12.7. The summed E-state index contributed by atoms with van der Waals surface area (Å²) in [6.45, 7) is 3.40. The van der Waals surface area contributed by atoms with Crippen molar-refractivity contribution in [2.75, 3.05) is 5.32 Å². The van der Waals surface area contributed by atoms with Crippen LogP contribution in [0.3, 0.4) is 0 Å². The summed E-state index contributed by atoms with van der Waals surface area (Å²) in [6.07, 6.45) is -3.01. The van der Waals surface area contributed by atoms with Crippen molar-refractivity contribution < 1.29 is 18.1 Å². The predicted molar refractivity (Wildman–Crippen MR) is 92.8 cm³/mol. The van der Waals surface area contributed by atoms with Crippen molar-refractivity contribution in [2.45, 2.75) is 20.0 Å². The number of nitrogens with zero attached hydrogens (tertiary/aromatic N) is 6. The molecule has 1 N–H and O–H groups in total. The Morgan fingerprint density at radius 2 is 1.89 bits per heavy atom. The molecule has 146 valence electrons. The minimum Gasteiger partial charge on any atom is -0.318 e. The lowest BCUT2D eigenvalue weighted by molar-refractivity contribution is -0.384. The number of nitro groups is 1. The zero-order valence-corrected chi connectivity index (χ0v) is 15.1. The minimum atomic E-state index is -4.63. The number of pyridine rings is 1. The Morgan fingerprint density at radius 3 is 2.43 bits per heavy atom. The van der Waals surface area contributed by atoms with Gasteiger partial charge in [-0.05, 0) is 26.0 Å². The first kappa shape index (κ1) is 19.5. The van der Waals surface area contributed by atoms with Gasteiger partial charge in [0.25, 0.3) is 0 Å². The second kappa shape index (κ2) is 7.03. The van der Waals surface area contributed by atoms with Gasteiger partial charge >= 0.3 is 11.9 Å². The summed E-state index contributed by atoms with van der Waals surface area (Å²) < 4.78 is 39.5. The highest BCUT2D eigenvalue weighted by Gasteiger charge is 2.32. The monoisotopic (exact) mass is 413 g/mol. The van der Waals surface area contributed by atoms with Crippen LogP contribution in [0.4, 0.5) is 30.5 Å². The summed E-state index contributed by atoms with van der Waals surface area (Å²) in [4.78, 5) is 22.2. The molecule has 0 atom stereocenters. The van der Waals surface area contributed by atoms with Crippen molar-refractivity contribution in [1.29, 1.82) is 0 Å². The second-order valence-electron chi connectivity index (χ2n) is 5.67. The second-order valence-corrected chi connectivity index (χ2v) is 6.07. The lowest BCUT2D eigenvalue weighted by Gasteiger charge is -2.11. The van der Waals surface area contributed by atoms with Crippen LogP contribution in [0.15, 0.2) is 24.7 Å². The van der Waals surface area contributed by atoms with Crippen LogP contribution in [0.25, 0.3) is 5.82 Å². The van der Waals surface area contributed by atoms with Crippen LogP contribution in [0.2, 0.25) is 5.02 Å². The molecule has 0 unspecified atom stereocenters. The molecule has 3 rings (SSSR count). The molecule has 0 aliphatic heterocycles. The molecule has 0 saturated carbocycles. The highest BCUT2D eigenvalue weighted by atomic mass is 35.5. The average Bonchev–Trinajstić information content (AvgIpc) is 2.93. The van der Waals surface area contributed by atoms with Gasteiger partial charge < -0.3 is 5.32 Å². The van der Waals surface area contributed by atoms with Crippen molar-refractivity contribution >= 4 is 28.9 Å². The van der Waals surface area contributed by atoms with E-state index in [2.05, 4.69) is 25.4 Å². The predicted octanol–water partition coefficient (Wildman–Crippen LogP) is 4.00. The smallest absolute Gasteiger partial charge is 0.318 e. The zero-order chi connectivity index (χ0) is 20.6. The third-order valence-electron chi connectivity index (χ3n) is 3.60. The molecule has 0 spiro atoms. The van der Waals surface area contributed by atoms with Gasteiger partial charge in [-0.1, -0.05) is 11.6 Å². The maximum absolute atomic E-state index is 12.7. The number of aromatic nitrogens is 5. The Balaban J connectivity index is 2.07. The first-order valence-electron chi connectivity index (χ1n) is 7.60. The minimum absolute atomic E-state index is 0.115. The molecule has 0 aliphatic carbocycles. The Morgan fingerprint density at radius 1 is 1.18 bits per heavy atom. The van der Waals surface area contributed by atoms with E-state index in [0.29, 0.717) is 23.7 Å². The van der Waals surface area contributed by atoms with E-state index >= 15 is 0 Å². The number of aryl methyl sites for hydroxylation is 2.